The molecule has 1 aliphatic carbocycles. The fourth-order valence-corrected chi connectivity index (χ4v) is 7.91. The third kappa shape index (κ3) is 6.16. The van der Waals surface area contributed by atoms with Gasteiger partial charge in [0.15, 0.2) is 8.32 Å². The number of aromatic carboxylic acids is 1. The minimum absolute atomic E-state index is 0.0176. The number of halogens is 1. The van der Waals surface area contributed by atoms with Gasteiger partial charge in [-0.2, -0.15) is 0 Å². The van der Waals surface area contributed by atoms with Crippen molar-refractivity contribution in [3.8, 4) is 5.75 Å². The molecular formula is C34H46ClNO5Si. The SMILES string of the molecule is C=CC(CO[Si](C)(C)C(C)(C)C)[C@@H]1OCC[C@H]1CN1C[C@@]2(CCCc3cc(Cl)ccc32)COc2ccc(C(=O)O)cc21. The molecule has 1 spiro atoms. The zero-order valence-corrected chi connectivity index (χ0v) is 27.5. The molecule has 6 nitrogen and oxygen atoms in total. The molecule has 0 aromatic heterocycles. The highest BCUT2D eigenvalue weighted by Gasteiger charge is 2.44. The van der Waals surface area contributed by atoms with Crippen molar-refractivity contribution in [3.63, 3.8) is 0 Å². The predicted octanol–water partition coefficient (Wildman–Crippen LogP) is 7.74. The molecule has 3 aliphatic rings. The Balaban J connectivity index is 1.46. The zero-order valence-electron chi connectivity index (χ0n) is 25.7. The molecule has 42 heavy (non-hydrogen) atoms. The Bertz CT molecular complexity index is 1320. The van der Waals surface area contributed by atoms with Crippen LogP contribution in [0.3, 0.4) is 0 Å². The van der Waals surface area contributed by atoms with Gasteiger partial charge in [0, 0.05) is 48.6 Å². The average molecular weight is 612 g/mol. The summed E-state index contributed by atoms with van der Waals surface area (Å²) in [5.74, 6) is 0.105. The van der Waals surface area contributed by atoms with Crippen molar-refractivity contribution in [2.24, 2.45) is 11.8 Å². The highest BCUT2D eigenvalue weighted by molar-refractivity contribution is 6.74. The Morgan fingerprint density at radius 3 is 2.79 bits per heavy atom. The third-order valence-corrected chi connectivity index (χ3v) is 14.9. The zero-order chi connectivity index (χ0) is 30.3. The van der Waals surface area contributed by atoms with E-state index in [0.29, 0.717) is 19.8 Å². The van der Waals surface area contributed by atoms with Crippen LogP contribution in [0, 0.1) is 11.8 Å². The van der Waals surface area contributed by atoms with E-state index >= 15 is 0 Å². The van der Waals surface area contributed by atoms with Crippen molar-refractivity contribution in [1.82, 2.24) is 0 Å². The number of anilines is 1. The van der Waals surface area contributed by atoms with E-state index in [9.17, 15) is 9.90 Å². The van der Waals surface area contributed by atoms with Gasteiger partial charge in [0.25, 0.3) is 0 Å². The van der Waals surface area contributed by atoms with E-state index in [1.54, 1.807) is 12.1 Å². The number of aryl methyl sites for hydroxylation is 1. The summed E-state index contributed by atoms with van der Waals surface area (Å²) in [5, 5.41) is 10.7. The largest absolute Gasteiger partial charge is 0.490 e. The van der Waals surface area contributed by atoms with Crippen molar-refractivity contribution in [2.45, 2.75) is 76.1 Å². The quantitative estimate of drug-likeness (QED) is 0.243. The van der Waals surface area contributed by atoms with E-state index in [1.165, 1.54) is 11.1 Å². The first-order valence-electron chi connectivity index (χ1n) is 15.3. The number of hydrogen-bond donors (Lipinski definition) is 1. The van der Waals surface area contributed by atoms with E-state index in [2.05, 4.69) is 57.5 Å². The molecule has 0 saturated carbocycles. The molecular weight excluding hydrogens is 566 g/mol. The monoisotopic (exact) mass is 611 g/mol. The van der Waals surface area contributed by atoms with Crippen LogP contribution in [0.15, 0.2) is 49.1 Å². The maximum Gasteiger partial charge on any atom is 0.335 e. The summed E-state index contributed by atoms with van der Waals surface area (Å²) in [6.07, 6.45) is 5.97. The summed E-state index contributed by atoms with van der Waals surface area (Å²) >= 11 is 6.41. The van der Waals surface area contributed by atoms with Crippen molar-refractivity contribution in [3.05, 3.63) is 70.8 Å². The molecule has 2 heterocycles. The first-order chi connectivity index (χ1) is 19.8. The fraction of sp³-hybridized carbons (Fsp3) is 0.559. The van der Waals surface area contributed by atoms with Crippen molar-refractivity contribution < 1.29 is 23.8 Å². The van der Waals surface area contributed by atoms with E-state index in [-0.39, 0.29) is 34.0 Å². The van der Waals surface area contributed by atoms with Crippen LogP contribution in [0.5, 0.6) is 5.75 Å². The molecule has 2 aliphatic heterocycles. The van der Waals surface area contributed by atoms with Gasteiger partial charge in [-0.05, 0) is 85.3 Å². The summed E-state index contributed by atoms with van der Waals surface area (Å²) in [6, 6.07) is 11.5. The second-order valence-corrected chi connectivity index (χ2v) is 19.2. The van der Waals surface area contributed by atoms with E-state index in [4.69, 9.17) is 25.5 Å². The molecule has 0 amide bonds. The standard InChI is InChI=1S/C34H46ClNO5Si/c1-7-23(20-41-42(5,6)33(2,3)4)31-26(14-16-39-31)19-36-21-34(15-8-9-24-17-27(35)11-12-28(24)34)22-40-30-13-10-25(32(37)38)18-29(30)36/h7,10-13,17-18,23,26,31H,1,8-9,14-16,19-22H2,2-6H3,(H,37,38)/t23?,26-,31-,34-/m0/s1. The summed E-state index contributed by atoms with van der Waals surface area (Å²) in [5.41, 5.74) is 3.46. The van der Waals surface area contributed by atoms with Crippen molar-refractivity contribution >= 4 is 31.6 Å². The maximum absolute atomic E-state index is 12.0. The number of benzene rings is 2. The lowest BCUT2D eigenvalue weighted by Crippen LogP contribution is -2.48. The Morgan fingerprint density at radius 1 is 1.29 bits per heavy atom. The number of rotatable bonds is 8. The van der Waals surface area contributed by atoms with E-state index in [0.717, 1.165) is 55.2 Å². The Hall–Kier alpha value is -2.32. The molecule has 0 radical (unpaired) electrons. The Kier molecular flexibility index (Phi) is 8.88. The van der Waals surface area contributed by atoms with Gasteiger partial charge in [-0.1, -0.05) is 44.5 Å². The van der Waals surface area contributed by atoms with Crippen LogP contribution in [0.2, 0.25) is 23.2 Å². The smallest absolute Gasteiger partial charge is 0.335 e. The normalized spacial score (nSPS) is 24.9. The topological polar surface area (TPSA) is 68.2 Å². The number of ether oxygens (including phenoxy) is 2. The first kappa shape index (κ1) is 31.1. The van der Waals surface area contributed by atoms with Gasteiger partial charge in [0.05, 0.1) is 24.0 Å². The number of carbonyl (C=O) groups is 1. The minimum atomic E-state index is -1.93. The molecule has 1 fully saturated rings. The van der Waals surface area contributed by atoms with Crippen LogP contribution >= 0.6 is 11.6 Å². The van der Waals surface area contributed by atoms with Gasteiger partial charge in [-0.3, -0.25) is 0 Å². The Labute approximate surface area is 257 Å². The molecule has 0 bridgehead atoms. The summed E-state index contributed by atoms with van der Waals surface area (Å²) in [6.45, 7) is 18.8. The van der Waals surface area contributed by atoms with Crippen LogP contribution in [-0.2, 0) is 21.0 Å². The van der Waals surface area contributed by atoms with Crippen LogP contribution in [0.4, 0.5) is 5.69 Å². The fourth-order valence-electron chi connectivity index (χ4n) is 6.67. The lowest BCUT2D eigenvalue weighted by molar-refractivity contribution is 0.0391. The number of nitrogens with zero attached hydrogens (tertiary/aromatic N) is 1. The lowest BCUT2D eigenvalue weighted by Gasteiger charge is -2.42. The maximum atomic E-state index is 12.0. The van der Waals surface area contributed by atoms with Crippen LogP contribution in [0.1, 0.15) is 61.5 Å². The molecule has 228 valence electrons. The number of carboxylic acids is 1. The number of hydrogen-bond acceptors (Lipinski definition) is 5. The predicted molar refractivity (Wildman–Crippen MR) is 172 cm³/mol. The number of fused-ring (bicyclic) bond motifs is 3. The van der Waals surface area contributed by atoms with Crippen LogP contribution in [-0.4, -0.2) is 58.4 Å². The average Bonchev–Trinajstić information content (AvgIpc) is 3.32. The molecule has 2 aromatic rings. The van der Waals surface area contributed by atoms with Crippen molar-refractivity contribution in [2.75, 3.05) is 37.8 Å². The molecule has 1 N–H and O–H groups in total. The third-order valence-electron chi connectivity index (χ3n) is 10.2. The summed E-state index contributed by atoms with van der Waals surface area (Å²) < 4.78 is 19.6. The van der Waals surface area contributed by atoms with E-state index < -0.39 is 14.3 Å². The lowest BCUT2D eigenvalue weighted by atomic mass is 9.70. The molecule has 2 aromatic carbocycles. The molecule has 1 saturated heterocycles. The summed E-state index contributed by atoms with van der Waals surface area (Å²) in [4.78, 5) is 14.4. The molecule has 1 unspecified atom stereocenters. The number of carboxylic acid groups (broad SMARTS) is 1. The Morgan fingerprint density at radius 2 is 2.07 bits per heavy atom. The van der Waals surface area contributed by atoms with Gasteiger partial charge < -0.3 is 23.9 Å². The van der Waals surface area contributed by atoms with Crippen LogP contribution < -0.4 is 9.64 Å². The van der Waals surface area contributed by atoms with Gasteiger partial charge in [-0.25, -0.2) is 4.79 Å². The second kappa shape index (κ2) is 12.0. The molecule has 5 rings (SSSR count). The molecule has 4 atom stereocenters. The highest BCUT2D eigenvalue weighted by atomic mass is 35.5. The van der Waals surface area contributed by atoms with Crippen LogP contribution in [0.25, 0.3) is 0 Å². The molecule has 8 heteroatoms. The van der Waals surface area contributed by atoms with Crippen molar-refractivity contribution in [1.29, 1.82) is 0 Å². The highest BCUT2D eigenvalue weighted by Crippen LogP contribution is 2.45. The van der Waals surface area contributed by atoms with Gasteiger partial charge in [0.1, 0.15) is 5.75 Å². The first-order valence-corrected chi connectivity index (χ1v) is 18.5. The van der Waals surface area contributed by atoms with E-state index in [1.807, 2.05) is 18.2 Å². The van der Waals surface area contributed by atoms with Gasteiger partial charge in [-0.15, -0.1) is 6.58 Å². The summed E-state index contributed by atoms with van der Waals surface area (Å²) in [7, 11) is -1.93. The second-order valence-electron chi connectivity index (χ2n) is 13.9. The minimum Gasteiger partial charge on any atom is -0.490 e. The van der Waals surface area contributed by atoms with Gasteiger partial charge in [0.2, 0.25) is 0 Å². The van der Waals surface area contributed by atoms with Gasteiger partial charge >= 0.3 is 5.97 Å².